The number of ether oxygens (including phenoxy) is 1. The van der Waals surface area contributed by atoms with Gasteiger partial charge in [-0.1, -0.05) is 18.2 Å². The summed E-state index contributed by atoms with van der Waals surface area (Å²) < 4.78 is 5.40. The third-order valence-electron chi connectivity index (χ3n) is 4.21. The molecule has 4 heteroatoms. The van der Waals surface area contributed by atoms with Crippen LogP contribution in [-0.4, -0.2) is 37.2 Å². The lowest BCUT2D eigenvalue weighted by atomic mass is 9.80. The topological polar surface area (TPSA) is 41.6 Å². The predicted molar refractivity (Wildman–Crippen MR) is 73.2 cm³/mol. The van der Waals surface area contributed by atoms with Crippen LogP contribution in [0.25, 0.3) is 0 Å². The molecular weight excluding hydrogens is 240 g/mol. The van der Waals surface area contributed by atoms with Crippen LogP contribution in [0.1, 0.15) is 19.3 Å². The summed E-state index contributed by atoms with van der Waals surface area (Å²) in [5, 5.41) is 3.45. The van der Waals surface area contributed by atoms with Gasteiger partial charge < -0.3 is 15.0 Å². The van der Waals surface area contributed by atoms with Crippen molar-refractivity contribution in [3.8, 4) is 5.75 Å². The third-order valence-corrected chi connectivity index (χ3v) is 4.21. The fourth-order valence-electron chi connectivity index (χ4n) is 3.12. The minimum Gasteiger partial charge on any atom is -0.410 e. The van der Waals surface area contributed by atoms with Crippen LogP contribution in [0.2, 0.25) is 0 Å². The summed E-state index contributed by atoms with van der Waals surface area (Å²) in [5.41, 5.74) is 0.286. The number of rotatable bonds is 1. The molecule has 0 unspecified atom stereocenters. The number of nitrogens with zero attached hydrogens (tertiary/aromatic N) is 1. The van der Waals surface area contributed by atoms with Crippen molar-refractivity contribution in [3.63, 3.8) is 0 Å². The Morgan fingerprint density at radius 3 is 2.84 bits per heavy atom. The number of likely N-dealkylation sites (tertiary alicyclic amines) is 1. The summed E-state index contributed by atoms with van der Waals surface area (Å²) in [7, 11) is 0. The summed E-state index contributed by atoms with van der Waals surface area (Å²) in [6.07, 6.45) is 3.30. The molecule has 2 aliphatic rings. The molecule has 1 spiro atoms. The van der Waals surface area contributed by atoms with E-state index in [9.17, 15) is 4.79 Å². The van der Waals surface area contributed by atoms with Crippen LogP contribution >= 0.6 is 0 Å². The van der Waals surface area contributed by atoms with E-state index in [-0.39, 0.29) is 11.5 Å². The number of piperidine rings is 1. The van der Waals surface area contributed by atoms with Crippen molar-refractivity contribution in [2.45, 2.75) is 19.3 Å². The molecule has 2 aliphatic heterocycles. The molecular formula is C15H20N2O2. The minimum absolute atomic E-state index is 0.214. The van der Waals surface area contributed by atoms with E-state index in [0.29, 0.717) is 5.75 Å². The normalized spacial score (nSPS) is 26.6. The van der Waals surface area contributed by atoms with E-state index in [1.165, 1.54) is 12.8 Å². The van der Waals surface area contributed by atoms with Gasteiger partial charge in [0.25, 0.3) is 0 Å². The minimum atomic E-state index is -0.214. The van der Waals surface area contributed by atoms with Crippen molar-refractivity contribution in [1.29, 1.82) is 0 Å². The van der Waals surface area contributed by atoms with Gasteiger partial charge in [0.2, 0.25) is 0 Å². The molecule has 1 amide bonds. The van der Waals surface area contributed by atoms with Crippen molar-refractivity contribution in [2.24, 2.45) is 5.41 Å². The molecule has 1 aromatic carbocycles. The first kappa shape index (κ1) is 12.5. The Balaban J connectivity index is 1.60. The second-order valence-electron chi connectivity index (χ2n) is 5.63. The van der Waals surface area contributed by atoms with Gasteiger partial charge in [-0.15, -0.1) is 0 Å². The van der Waals surface area contributed by atoms with Gasteiger partial charge in [0.15, 0.2) is 0 Å². The van der Waals surface area contributed by atoms with Crippen molar-refractivity contribution < 1.29 is 9.53 Å². The molecule has 4 nitrogen and oxygen atoms in total. The van der Waals surface area contributed by atoms with Gasteiger partial charge in [0.1, 0.15) is 5.75 Å². The number of carbonyl (C=O) groups excluding carboxylic acids is 1. The Kier molecular flexibility index (Phi) is 3.42. The van der Waals surface area contributed by atoms with Crippen LogP contribution in [0.15, 0.2) is 30.3 Å². The van der Waals surface area contributed by atoms with Gasteiger partial charge in [0.05, 0.1) is 0 Å². The zero-order valence-corrected chi connectivity index (χ0v) is 11.1. The van der Waals surface area contributed by atoms with Crippen molar-refractivity contribution in [2.75, 3.05) is 26.2 Å². The summed E-state index contributed by atoms with van der Waals surface area (Å²) in [4.78, 5) is 14.0. The standard InChI is InChI=1S/C15H20N2O2/c18-14(19-13-5-2-1-3-6-13)17-10-8-15(12-17)7-4-9-16-11-15/h1-3,5-6,16H,4,7-12H2/t15-/m0/s1. The maximum absolute atomic E-state index is 12.1. The Morgan fingerprint density at radius 1 is 1.26 bits per heavy atom. The van der Waals surface area contributed by atoms with Crippen molar-refractivity contribution in [3.05, 3.63) is 30.3 Å². The molecule has 1 N–H and O–H groups in total. The SMILES string of the molecule is O=C(Oc1ccccc1)N1CC[C@]2(CCCNC2)C1. The summed E-state index contributed by atoms with van der Waals surface area (Å²) in [5.74, 6) is 0.621. The van der Waals surface area contributed by atoms with Crippen LogP contribution in [0.3, 0.4) is 0 Å². The number of carbonyl (C=O) groups is 1. The van der Waals surface area contributed by atoms with E-state index in [1.807, 2.05) is 35.2 Å². The van der Waals surface area contributed by atoms with Gasteiger partial charge in [0, 0.05) is 25.0 Å². The highest BCUT2D eigenvalue weighted by molar-refractivity contribution is 5.71. The average Bonchev–Trinajstić information content (AvgIpc) is 2.85. The molecule has 19 heavy (non-hydrogen) atoms. The number of nitrogens with one attached hydrogen (secondary N) is 1. The fourth-order valence-corrected chi connectivity index (χ4v) is 3.12. The van der Waals surface area contributed by atoms with Crippen LogP contribution in [0, 0.1) is 5.41 Å². The molecule has 1 aromatic rings. The maximum atomic E-state index is 12.1. The van der Waals surface area contributed by atoms with Crippen LogP contribution in [0.5, 0.6) is 5.75 Å². The number of benzene rings is 1. The molecule has 3 rings (SSSR count). The quantitative estimate of drug-likeness (QED) is 0.842. The average molecular weight is 260 g/mol. The smallest absolute Gasteiger partial charge is 0.410 e. The molecule has 2 saturated heterocycles. The lowest BCUT2D eigenvalue weighted by Crippen LogP contribution is -2.43. The lowest BCUT2D eigenvalue weighted by Gasteiger charge is -2.33. The second-order valence-corrected chi connectivity index (χ2v) is 5.63. The van der Waals surface area contributed by atoms with Crippen LogP contribution in [0.4, 0.5) is 4.79 Å². The zero-order valence-electron chi connectivity index (χ0n) is 11.1. The van der Waals surface area contributed by atoms with Crippen LogP contribution in [-0.2, 0) is 0 Å². The molecule has 0 saturated carbocycles. The number of para-hydroxylation sites is 1. The Morgan fingerprint density at radius 2 is 2.11 bits per heavy atom. The van der Waals surface area contributed by atoms with E-state index in [2.05, 4.69) is 5.32 Å². The highest BCUT2D eigenvalue weighted by atomic mass is 16.6. The Hall–Kier alpha value is -1.55. The predicted octanol–water partition coefficient (Wildman–Crippen LogP) is 2.26. The highest BCUT2D eigenvalue weighted by Gasteiger charge is 2.41. The van der Waals surface area contributed by atoms with E-state index in [1.54, 1.807) is 0 Å². The fraction of sp³-hybridized carbons (Fsp3) is 0.533. The van der Waals surface area contributed by atoms with Crippen molar-refractivity contribution in [1.82, 2.24) is 10.2 Å². The molecule has 0 aromatic heterocycles. The zero-order chi connectivity index (χ0) is 13.1. The highest BCUT2D eigenvalue weighted by Crippen LogP contribution is 2.36. The number of hydrogen-bond donors (Lipinski definition) is 1. The number of amides is 1. The largest absolute Gasteiger partial charge is 0.415 e. The first-order valence-electron chi connectivity index (χ1n) is 7.00. The van der Waals surface area contributed by atoms with Crippen LogP contribution < -0.4 is 10.1 Å². The van der Waals surface area contributed by atoms with Gasteiger partial charge in [-0.3, -0.25) is 0 Å². The van der Waals surface area contributed by atoms with E-state index in [0.717, 1.165) is 32.6 Å². The molecule has 2 heterocycles. The molecule has 1 atom stereocenters. The maximum Gasteiger partial charge on any atom is 0.415 e. The molecule has 102 valence electrons. The monoisotopic (exact) mass is 260 g/mol. The van der Waals surface area contributed by atoms with E-state index in [4.69, 9.17) is 4.74 Å². The van der Waals surface area contributed by atoms with Crippen molar-refractivity contribution >= 4 is 6.09 Å². The first-order valence-corrected chi connectivity index (χ1v) is 7.00. The van der Waals surface area contributed by atoms with Gasteiger partial charge in [-0.25, -0.2) is 4.79 Å². The third kappa shape index (κ3) is 2.73. The van der Waals surface area contributed by atoms with E-state index >= 15 is 0 Å². The second kappa shape index (κ2) is 5.21. The molecule has 0 bridgehead atoms. The summed E-state index contributed by atoms with van der Waals surface area (Å²) in [6, 6.07) is 9.28. The molecule has 0 aliphatic carbocycles. The van der Waals surface area contributed by atoms with Gasteiger partial charge in [-0.05, 0) is 37.9 Å². The van der Waals surface area contributed by atoms with Gasteiger partial charge >= 0.3 is 6.09 Å². The van der Waals surface area contributed by atoms with Gasteiger partial charge in [-0.2, -0.15) is 0 Å². The van der Waals surface area contributed by atoms with E-state index < -0.39 is 0 Å². The summed E-state index contributed by atoms with van der Waals surface area (Å²) >= 11 is 0. The molecule has 0 radical (unpaired) electrons. The summed E-state index contributed by atoms with van der Waals surface area (Å²) in [6.45, 7) is 3.78. The number of hydrogen-bond acceptors (Lipinski definition) is 3. The molecule has 2 fully saturated rings. The Bertz CT molecular complexity index is 441. The Labute approximate surface area is 113 Å². The lowest BCUT2D eigenvalue weighted by molar-refractivity contribution is 0.149. The first-order chi connectivity index (χ1) is 9.27.